The van der Waals surface area contributed by atoms with Crippen molar-refractivity contribution in [2.75, 3.05) is 18.4 Å². The highest BCUT2D eigenvalue weighted by Gasteiger charge is 2.22. The third-order valence-corrected chi connectivity index (χ3v) is 4.34. The number of amides is 1. The molecule has 1 atom stereocenters. The number of piperidine rings is 1. The highest BCUT2D eigenvalue weighted by atomic mass is 16.5. The van der Waals surface area contributed by atoms with Gasteiger partial charge in [-0.05, 0) is 19.4 Å². The van der Waals surface area contributed by atoms with Crippen molar-refractivity contribution in [1.29, 1.82) is 10.7 Å². The number of nitriles is 1. The summed E-state index contributed by atoms with van der Waals surface area (Å²) < 4.78 is 6.01. The zero-order valence-corrected chi connectivity index (χ0v) is 15.7. The number of ether oxygens (including phenoxy) is 1. The molecule has 10 nitrogen and oxygen atoms in total. The highest BCUT2D eigenvalue weighted by Crippen LogP contribution is 2.26. The molecule has 0 radical (unpaired) electrons. The average molecular weight is 394 g/mol. The molecule has 2 aliphatic heterocycles. The molecule has 0 spiro atoms. The molecule has 1 unspecified atom stereocenters. The standard InChI is InChI=1S/C19H22N8O2/c20-5-3-12-8-25-18(26-9-12)16(17(21)22)19(28)27-14-11-24-7-4-15(14)29-13-2-1-6-23-10-13/h4,7-9,11,13,23,25H,1-3,6,10H2,(H3,21,22)(H,27,28)/b18-16+. The van der Waals surface area contributed by atoms with E-state index in [9.17, 15) is 4.79 Å². The quantitative estimate of drug-likeness (QED) is 0.270. The molecule has 29 heavy (non-hydrogen) atoms. The van der Waals surface area contributed by atoms with Crippen LogP contribution >= 0.6 is 0 Å². The molecule has 6 N–H and O–H groups in total. The van der Waals surface area contributed by atoms with E-state index in [0.29, 0.717) is 17.0 Å². The summed E-state index contributed by atoms with van der Waals surface area (Å²) in [7, 11) is 0. The molecule has 1 aromatic heterocycles. The number of hydrogen-bond donors (Lipinski definition) is 5. The Morgan fingerprint density at radius 1 is 1.52 bits per heavy atom. The van der Waals surface area contributed by atoms with Gasteiger partial charge in [0, 0.05) is 36.8 Å². The van der Waals surface area contributed by atoms with Crippen molar-refractivity contribution in [2.24, 2.45) is 10.7 Å². The third-order valence-electron chi connectivity index (χ3n) is 4.34. The Hall–Kier alpha value is -3.71. The zero-order valence-electron chi connectivity index (χ0n) is 15.7. The van der Waals surface area contributed by atoms with Crippen LogP contribution in [0.4, 0.5) is 5.69 Å². The lowest BCUT2D eigenvalue weighted by atomic mass is 10.1. The number of amidine groups is 1. The molecule has 1 fully saturated rings. The first-order valence-corrected chi connectivity index (χ1v) is 9.16. The van der Waals surface area contributed by atoms with Crippen LogP contribution in [0.1, 0.15) is 19.3 Å². The summed E-state index contributed by atoms with van der Waals surface area (Å²) >= 11 is 0. The molecular weight excluding hydrogens is 372 g/mol. The van der Waals surface area contributed by atoms with Crippen LogP contribution in [0.5, 0.6) is 5.75 Å². The third kappa shape index (κ3) is 5.18. The molecule has 3 rings (SSSR count). The van der Waals surface area contributed by atoms with Crippen molar-refractivity contribution in [3.05, 3.63) is 41.6 Å². The minimum Gasteiger partial charge on any atom is -0.487 e. The predicted molar refractivity (Wildman–Crippen MR) is 108 cm³/mol. The van der Waals surface area contributed by atoms with E-state index >= 15 is 0 Å². The molecule has 1 saturated heterocycles. The van der Waals surface area contributed by atoms with Crippen LogP contribution in [0.15, 0.2) is 46.6 Å². The minimum atomic E-state index is -0.617. The van der Waals surface area contributed by atoms with E-state index in [2.05, 4.69) is 25.9 Å². The molecule has 3 heterocycles. The Kier molecular flexibility index (Phi) is 6.55. The van der Waals surface area contributed by atoms with E-state index in [4.69, 9.17) is 21.1 Å². The van der Waals surface area contributed by atoms with Crippen molar-refractivity contribution >= 4 is 23.6 Å². The van der Waals surface area contributed by atoms with Crippen molar-refractivity contribution in [3.8, 4) is 11.8 Å². The monoisotopic (exact) mass is 394 g/mol. The average Bonchev–Trinajstić information content (AvgIpc) is 2.72. The van der Waals surface area contributed by atoms with Crippen molar-refractivity contribution in [2.45, 2.75) is 25.4 Å². The van der Waals surface area contributed by atoms with E-state index in [1.165, 1.54) is 12.4 Å². The largest absolute Gasteiger partial charge is 0.487 e. The molecule has 0 aliphatic carbocycles. The van der Waals surface area contributed by atoms with Crippen molar-refractivity contribution in [1.82, 2.24) is 15.6 Å². The number of nitrogens with zero attached hydrogens (tertiary/aromatic N) is 3. The van der Waals surface area contributed by atoms with Crippen LogP contribution in [-0.2, 0) is 4.79 Å². The minimum absolute atomic E-state index is 0.000683. The number of aromatic nitrogens is 1. The van der Waals surface area contributed by atoms with Gasteiger partial charge in [0.15, 0.2) is 0 Å². The maximum atomic E-state index is 12.8. The number of carbonyl (C=O) groups excluding carboxylic acids is 1. The van der Waals surface area contributed by atoms with Gasteiger partial charge in [0.25, 0.3) is 5.91 Å². The van der Waals surface area contributed by atoms with Crippen LogP contribution in [-0.4, -0.2) is 42.1 Å². The van der Waals surface area contributed by atoms with E-state index in [-0.39, 0.29) is 23.9 Å². The molecule has 0 saturated carbocycles. The van der Waals surface area contributed by atoms with Gasteiger partial charge in [0.05, 0.1) is 18.7 Å². The Morgan fingerprint density at radius 3 is 3.03 bits per heavy atom. The second-order valence-electron chi connectivity index (χ2n) is 6.51. The van der Waals surface area contributed by atoms with Gasteiger partial charge in [-0.3, -0.25) is 15.2 Å². The Balaban J connectivity index is 1.78. The second kappa shape index (κ2) is 9.48. The number of nitrogens with one attached hydrogen (secondary N) is 4. The van der Waals surface area contributed by atoms with Gasteiger partial charge in [0.1, 0.15) is 34.8 Å². The first kappa shape index (κ1) is 20.0. The number of hydrogen-bond acceptors (Lipinski definition) is 8. The first-order valence-electron chi connectivity index (χ1n) is 9.16. The van der Waals surface area contributed by atoms with Crippen LogP contribution in [0, 0.1) is 16.7 Å². The number of rotatable bonds is 6. The summed E-state index contributed by atoms with van der Waals surface area (Å²) in [6.07, 6.45) is 8.19. The van der Waals surface area contributed by atoms with Crippen LogP contribution in [0.25, 0.3) is 0 Å². The van der Waals surface area contributed by atoms with Gasteiger partial charge in [-0.15, -0.1) is 0 Å². The van der Waals surface area contributed by atoms with E-state index in [1.807, 2.05) is 6.07 Å². The first-order chi connectivity index (χ1) is 14.1. The van der Waals surface area contributed by atoms with E-state index in [1.54, 1.807) is 18.5 Å². The number of aliphatic imine (C=N–C) groups is 1. The number of anilines is 1. The van der Waals surface area contributed by atoms with E-state index in [0.717, 1.165) is 25.9 Å². The fraction of sp³-hybridized carbons (Fsp3) is 0.316. The molecule has 10 heteroatoms. The lowest BCUT2D eigenvalue weighted by molar-refractivity contribution is -0.112. The molecule has 0 bridgehead atoms. The summed E-state index contributed by atoms with van der Waals surface area (Å²) in [6.45, 7) is 1.70. The van der Waals surface area contributed by atoms with Crippen LogP contribution in [0.3, 0.4) is 0 Å². The smallest absolute Gasteiger partial charge is 0.263 e. The second-order valence-corrected chi connectivity index (χ2v) is 6.51. The normalized spacial score (nSPS) is 20.0. The van der Waals surface area contributed by atoms with Gasteiger partial charge in [-0.2, -0.15) is 5.26 Å². The van der Waals surface area contributed by atoms with Gasteiger partial charge in [0.2, 0.25) is 0 Å². The summed E-state index contributed by atoms with van der Waals surface area (Å²) in [5.41, 5.74) is 6.54. The van der Waals surface area contributed by atoms with Crippen molar-refractivity contribution < 1.29 is 9.53 Å². The lowest BCUT2D eigenvalue weighted by Gasteiger charge is -2.25. The fourth-order valence-electron chi connectivity index (χ4n) is 2.93. The summed E-state index contributed by atoms with van der Waals surface area (Å²) in [6, 6.07) is 3.69. The number of pyridine rings is 1. The maximum absolute atomic E-state index is 12.8. The summed E-state index contributed by atoms with van der Waals surface area (Å²) in [5, 5.41) is 25.3. The molecule has 0 aromatic carbocycles. The summed E-state index contributed by atoms with van der Waals surface area (Å²) in [4.78, 5) is 21.0. The SMILES string of the molecule is N#CCC1=CN/C(=C(/C(=N)N)C(=O)Nc2cnccc2OC2CCCNC2)N=C1. The maximum Gasteiger partial charge on any atom is 0.263 e. The highest BCUT2D eigenvalue weighted by molar-refractivity contribution is 6.24. The Labute approximate surface area is 168 Å². The van der Waals surface area contributed by atoms with Gasteiger partial charge in [-0.1, -0.05) is 0 Å². The molecule has 2 aliphatic rings. The zero-order chi connectivity index (χ0) is 20.6. The van der Waals surface area contributed by atoms with Crippen molar-refractivity contribution in [3.63, 3.8) is 0 Å². The molecule has 1 amide bonds. The Bertz CT molecular complexity index is 922. The number of allylic oxidation sites excluding steroid dienone is 1. The predicted octanol–water partition coefficient (Wildman–Crippen LogP) is 0.770. The van der Waals surface area contributed by atoms with Crippen LogP contribution in [0.2, 0.25) is 0 Å². The summed E-state index contributed by atoms with van der Waals surface area (Å²) in [5.74, 6) is -0.443. The van der Waals surface area contributed by atoms with Crippen LogP contribution < -0.4 is 26.4 Å². The lowest BCUT2D eigenvalue weighted by Crippen LogP contribution is -2.37. The molecule has 150 valence electrons. The van der Waals surface area contributed by atoms with Gasteiger partial charge in [-0.25, -0.2) is 4.99 Å². The topological polar surface area (TPSA) is 161 Å². The van der Waals surface area contributed by atoms with Gasteiger partial charge < -0.3 is 26.4 Å². The molecule has 1 aromatic rings. The fourth-order valence-corrected chi connectivity index (χ4v) is 2.93. The number of nitrogens with two attached hydrogens (primary N) is 1. The van der Waals surface area contributed by atoms with E-state index < -0.39 is 11.7 Å². The Morgan fingerprint density at radius 2 is 2.38 bits per heavy atom. The molecular formula is C19H22N8O2. The van der Waals surface area contributed by atoms with Gasteiger partial charge >= 0.3 is 0 Å². The number of carbonyl (C=O) groups is 1.